The van der Waals surface area contributed by atoms with E-state index in [-0.39, 0.29) is 0 Å². The van der Waals surface area contributed by atoms with E-state index < -0.39 is 0 Å². The molecule has 2 rings (SSSR count). The molecule has 2 nitrogen and oxygen atoms in total. The quantitative estimate of drug-likeness (QED) is 0.813. The largest absolute Gasteiger partial charge is 0.316 e. The molecule has 0 bridgehead atoms. The summed E-state index contributed by atoms with van der Waals surface area (Å²) in [5.41, 5.74) is 0.619. The number of rotatable bonds is 3. The minimum atomic E-state index is 0.619. The van der Waals surface area contributed by atoms with Crippen LogP contribution in [0.1, 0.15) is 46.0 Å². The summed E-state index contributed by atoms with van der Waals surface area (Å²) in [5.74, 6) is 1.81. The smallest absolute Gasteiger partial charge is 0.00106 e. The van der Waals surface area contributed by atoms with Gasteiger partial charge in [-0.15, -0.1) is 0 Å². The lowest BCUT2D eigenvalue weighted by molar-refractivity contribution is 0.0401. The third-order valence-corrected chi connectivity index (χ3v) is 4.90. The maximum Gasteiger partial charge on any atom is 0.00106 e. The Morgan fingerprint density at radius 2 is 2.00 bits per heavy atom. The molecule has 0 aromatic rings. The summed E-state index contributed by atoms with van der Waals surface area (Å²) in [7, 11) is 2.27. The fraction of sp³-hybridized carbons (Fsp3) is 1.00. The van der Waals surface area contributed by atoms with Crippen molar-refractivity contribution in [2.75, 3.05) is 33.2 Å². The van der Waals surface area contributed by atoms with E-state index in [0.29, 0.717) is 5.41 Å². The first-order valence-electron chi connectivity index (χ1n) is 7.52. The van der Waals surface area contributed by atoms with Gasteiger partial charge in [0, 0.05) is 6.54 Å². The average Bonchev–Trinajstić information content (AvgIpc) is 2.30. The Morgan fingerprint density at radius 1 is 1.29 bits per heavy atom. The summed E-state index contributed by atoms with van der Waals surface area (Å²) in [5, 5.41) is 3.68. The molecule has 2 aliphatic heterocycles. The first-order valence-corrected chi connectivity index (χ1v) is 7.52. The number of likely N-dealkylation sites (tertiary alicyclic amines) is 1. The summed E-state index contributed by atoms with van der Waals surface area (Å²) in [6, 6.07) is 0. The van der Waals surface area contributed by atoms with Crippen LogP contribution in [0.4, 0.5) is 0 Å². The van der Waals surface area contributed by atoms with Crippen LogP contribution in [-0.4, -0.2) is 38.1 Å². The Kier molecular flexibility index (Phi) is 4.48. The molecule has 2 heterocycles. The Hall–Kier alpha value is -0.0800. The highest BCUT2D eigenvalue weighted by Gasteiger charge is 2.40. The van der Waals surface area contributed by atoms with Crippen LogP contribution in [0.15, 0.2) is 0 Å². The highest BCUT2D eigenvalue weighted by atomic mass is 15.1. The Labute approximate surface area is 107 Å². The van der Waals surface area contributed by atoms with E-state index in [9.17, 15) is 0 Å². The molecule has 100 valence electrons. The summed E-state index contributed by atoms with van der Waals surface area (Å²) in [4.78, 5) is 2.50. The van der Waals surface area contributed by atoms with Crippen molar-refractivity contribution >= 4 is 0 Å². The standard InChI is InChI=1S/C15H30N2/c1-13(2)11-15(7-4-8-16-12-15)14-5-9-17(3)10-6-14/h13-14,16H,4-12H2,1-3H3. The molecule has 2 heteroatoms. The molecule has 1 N–H and O–H groups in total. The van der Waals surface area contributed by atoms with Crippen molar-refractivity contribution in [3.8, 4) is 0 Å². The number of hydrogen-bond donors (Lipinski definition) is 1. The van der Waals surface area contributed by atoms with Gasteiger partial charge in [-0.2, -0.15) is 0 Å². The maximum absolute atomic E-state index is 3.68. The second-order valence-corrected chi connectivity index (χ2v) is 6.82. The first-order chi connectivity index (χ1) is 8.12. The van der Waals surface area contributed by atoms with E-state index in [1.165, 1.54) is 58.3 Å². The zero-order chi connectivity index (χ0) is 12.3. The molecule has 2 saturated heterocycles. The van der Waals surface area contributed by atoms with Gasteiger partial charge in [-0.05, 0) is 76.0 Å². The van der Waals surface area contributed by atoms with Crippen LogP contribution in [0.5, 0.6) is 0 Å². The van der Waals surface area contributed by atoms with E-state index in [1.54, 1.807) is 0 Å². The molecule has 0 aliphatic carbocycles. The van der Waals surface area contributed by atoms with Crippen LogP contribution in [0, 0.1) is 17.3 Å². The van der Waals surface area contributed by atoms with Crippen molar-refractivity contribution in [1.82, 2.24) is 10.2 Å². The third-order valence-electron chi connectivity index (χ3n) is 4.90. The van der Waals surface area contributed by atoms with Crippen LogP contribution < -0.4 is 5.32 Å². The van der Waals surface area contributed by atoms with Crippen molar-refractivity contribution in [2.24, 2.45) is 17.3 Å². The van der Waals surface area contributed by atoms with Gasteiger partial charge in [0.05, 0.1) is 0 Å². The van der Waals surface area contributed by atoms with E-state index in [1.807, 2.05) is 0 Å². The SMILES string of the molecule is CC(C)CC1(C2CCN(C)CC2)CCCNC1. The van der Waals surface area contributed by atoms with Gasteiger partial charge in [-0.25, -0.2) is 0 Å². The number of piperidine rings is 2. The maximum atomic E-state index is 3.68. The predicted molar refractivity (Wildman–Crippen MR) is 74.2 cm³/mol. The molecule has 17 heavy (non-hydrogen) atoms. The van der Waals surface area contributed by atoms with Gasteiger partial charge < -0.3 is 10.2 Å². The van der Waals surface area contributed by atoms with Gasteiger partial charge in [-0.3, -0.25) is 0 Å². The summed E-state index contributed by atoms with van der Waals surface area (Å²) in [6.45, 7) is 9.93. The summed E-state index contributed by atoms with van der Waals surface area (Å²) >= 11 is 0. The first kappa shape index (κ1) is 13.4. The summed E-state index contributed by atoms with van der Waals surface area (Å²) < 4.78 is 0. The van der Waals surface area contributed by atoms with Gasteiger partial charge >= 0.3 is 0 Å². The molecule has 0 amide bonds. The predicted octanol–water partition coefficient (Wildman–Crippen LogP) is 2.74. The van der Waals surface area contributed by atoms with Crippen molar-refractivity contribution in [3.63, 3.8) is 0 Å². The number of nitrogens with zero attached hydrogens (tertiary/aromatic N) is 1. The van der Waals surface area contributed by atoms with Crippen LogP contribution >= 0.6 is 0 Å². The van der Waals surface area contributed by atoms with Crippen LogP contribution in [0.25, 0.3) is 0 Å². The van der Waals surface area contributed by atoms with E-state index in [0.717, 1.165) is 11.8 Å². The second kappa shape index (κ2) is 5.71. The van der Waals surface area contributed by atoms with E-state index in [4.69, 9.17) is 0 Å². The number of hydrogen-bond acceptors (Lipinski definition) is 2. The molecule has 1 unspecified atom stereocenters. The fourth-order valence-corrected chi connectivity index (χ4v) is 4.11. The third kappa shape index (κ3) is 3.23. The van der Waals surface area contributed by atoms with Crippen LogP contribution in [0.2, 0.25) is 0 Å². The fourth-order valence-electron chi connectivity index (χ4n) is 4.11. The number of nitrogens with one attached hydrogen (secondary N) is 1. The monoisotopic (exact) mass is 238 g/mol. The molecule has 0 radical (unpaired) electrons. The van der Waals surface area contributed by atoms with Crippen molar-refractivity contribution in [2.45, 2.75) is 46.0 Å². The minimum Gasteiger partial charge on any atom is -0.316 e. The van der Waals surface area contributed by atoms with Gasteiger partial charge in [0.15, 0.2) is 0 Å². The van der Waals surface area contributed by atoms with Gasteiger partial charge in [-0.1, -0.05) is 13.8 Å². The molecule has 0 saturated carbocycles. The van der Waals surface area contributed by atoms with Gasteiger partial charge in [0.1, 0.15) is 0 Å². The lowest BCUT2D eigenvalue weighted by Gasteiger charge is -2.48. The highest BCUT2D eigenvalue weighted by Crippen LogP contribution is 2.44. The zero-order valence-electron chi connectivity index (χ0n) is 12.0. The molecule has 0 aromatic heterocycles. The van der Waals surface area contributed by atoms with Gasteiger partial charge in [0.2, 0.25) is 0 Å². The minimum absolute atomic E-state index is 0.619. The Bertz CT molecular complexity index is 223. The molecular formula is C15H30N2. The van der Waals surface area contributed by atoms with Gasteiger partial charge in [0.25, 0.3) is 0 Å². The van der Waals surface area contributed by atoms with Crippen LogP contribution in [-0.2, 0) is 0 Å². The van der Waals surface area contributed by atoms with Crippen molar-refractivity contribution in [3.05, 3.63) is 0 Å². The van der Waals surface area contributed by atoms with E-state index in [2.05, 4.69) is 31.1 Å². The molecule has 0 aromatic carbocycles. The zero-order valence-corrected chi connectivity index (χ0v) is 12.0. The lowest BCUT2D eigenvalue weighted by Crippen LogP contribution is -2.48. The molecule has 2 fully saturated rings. The Balaban J connectivity index is 2.03. The highest BCUT2D eigenvalue weighted by molar-refractivity contribution is 4.93. The molecule has 0 spiro atoms. The van der Waals surface area contributed by atoms with Crippen molar-refractivity contribution in [1.29, 1.82) is 0 Å². The van der Waals surface area contributed by atoms with E-state index >= 15 is 0 Å². The van der Waals surface area contributed by atoms with Crippen LogP contribution in [0.3, 0.4) is 0 Å². The summed E-state index contributed by atoms with van der Waals surface area (Å²) in [6.07, 6.45) is 7.12. The lowest BCUT2D eigenvalue weighted by atomic mass is 9.63. The molecular weight excluding hydrogens is 208 g/mol. The molecule has 2 aliphatic rings. The normalized spacial score (nSPS) is 33.2. The Morgan fingerprint density at radius 3 is 2.53 bits per heavy atom. The van der Waals surface area contributed by atoms with Crippen molar-refractivity contribution < 1.29 is 0 Å². The topological polar surface area (TPSA) is 15.3 Å². The average molecular weight is 238 g/mol. The second-order valence-electron chi connectivity index (χ2n) is 6.82. The molecule has 1 atom stereocenters.